The third kappa shape index (κ3) is 1.91. The highest BCUT2D eigenvalue weighted by Gasteiger charge is 2.01. The number of hydrogen-bond donors (Lipinski definition) is 2. The van der Waals surface area contributed by atoms with Crippen LogP contribution in [0.5, 0.6) is 0 Å². The molecule has 0 spiro atoms. The maximum absolute atomic E-state index is 5.72. The topological polar surface area (TPSA) is 64.9 Å². The van der Waals surface area contributed by atoms with Gasteiger partial charge in [-0.15, -0.1) is 0 Å². The van der Waals surface area contributed by atoms with Gasteiger partial charge in [-0.25, -0.2) is 4.98 Å². The maximum Gasteiger partial charge on any atom is 0.126 e. The van der Waals surface area contributed by atoms with E-state index in [2.05, 4.69) is 4.98 Å². The predicted octanol–water partition coefficient (Wildman–Crippen LogP) is 2.22. The van der Waals surface area contributed by atoms with Gasteiger partial charge in [-0.1, -0.05) is 12.1 Å². The first-order valence-electron chi connectivity index (χ1n) is 4.75. The maximum atomic E-state index is 5.72. The molecule has 0 bridgehead atoms. The van der Waals surface area contributed by atoms with Crippen molar-refractivity contribution in [1.82, 2.24) is 4.98 Å². The molecule has 4 N–H and O–H groups in total. The zero-order valence-electron chi connectivity index (χ0n) is 8.57. The summed E-state index contributed by atoms with van der Waals surface area (Å²) in [5.74, 6) is 0.572. The second-order valence-corrected chi connectivity index (χ2v) is 3.55. The predicted molar refractivity (Wildman–Crippen MR) is 63.2 cm³/mol. The third-order valence-corrected chi connectivity index (χ3v) is 2.34. The second-order valence-electron chi connectivity index (χ2n) is 3.55. The molecule has 1 aromatic carbocycles. The van der Waals surface area contributed by atoms with Gasteiger partial charge in [-0.3, -0.25) is 0 Å². The fourth-order valence-corrected chi connectivity index (χ4v) is 1.46. The van der Waals surface area contributed by atoms with Crippen molar-refractivity contribution in [1.29, 1.82) is 0 Å². The van der Waals surface area contributed by atoms with E-state index in [0.29, 0.717) is 5.82 Å². The molecule has 0 unspecified atom stereocenters. The normalized spacial score (nSPS) is 10.2. The van der Waals surface area contributed by atoms with Crippen molar-refractivity contribution in [2.75, 3.05) is 11.5 Å². The number of nitrogens with zero attached hydrogens (tertiary/aromatic N) is 1. The van der Waals surface area contributed by atoms with Gasteiger partial charge in [-0.05, 0) is 36.2 Å². The zero-order chi connectivity index (χ0) is 10.8. The van der Waals surface area contributed by atoms with Crippen LogP contribution in [-0.2, 0) is 0 Å². The van der Waals surface area contributed by atoms with Crippen molar-refractivity contribution in [3.63, 3.8) is 0 Å². The first kappa shape index (κ1) is 9.52. The Bertz CT molecular complexity index is 492. The molecule has 2 rings (SSSR count). The van der Waals surface area contributed by atoms with Gasteiger partial charge in [0.1, 0.15) is 5.82 Å². The van der Waals surface area contributed by atoms with E-state index >= 15 is 0 Å². The number of benzene rings is 1. The standard InChI is InChI=1S/C12H13N3/c1-8-5-10(7-15-12(8)14)9-3-2-4-11(13)6-9/h2-7H,13H2,1H3,(H2,14,15). The van der Waals surface area contributed by atoms with Crippen LogP contribution in [-0.4, -0.2) is 4.98 Å². The summed E-state index contributed by atoms with van der Waals surface area (Å²) in [5.41, 5.74) is 15.2. The van der Waals surface area contributed by atoms with Crippen LogP contribution < -0.4 is 11.5 Å². The Morgan fingerprint density at radius 2 is 1.87 bits per heavy atom. The molecule has 0 fully saturated rings. The van der Waals surface area contributed by atoms with E-state index < -0.39 is 0 Å². The fraction of sp³-hybridized carbons (Fsp3) is 0.0833. The lowest BCUT2D eigenvalue weighted by Gasteiger charge is -2.05. The highest BCUT2D eigenvalue weighted by atomic mass is 14.8. The van der Waals surface area contributed by atoms with E-state index in [4.69, 9.17) is 11.5 Å². The number of pyridine rings is 1. The SMILES string of the molecule is Cc1cc(-c2cccc(N)c2)cnc1N. The lowest BCUT2D eigenvalue weighted by atomic mass is 10.1. The minimum atomic E-state index is 0.572. The van der Waals surface area contributed by atoms with Crippen LogP contribution in [0, 0.1) is 6.92 Å². The highest BCUT2D eigenvalue weighted by molar-refractivity contribution is 5.68. The Kier molecular flexibility index (Phi) is 2.29. The molecule has 76 valence electrons. The average molecular weight is 199 g/mol. The Morgan fingerprint density at radius 3 is 2.53 bits per heavy atom. The fourth-order valence-electron chi connectivity index (χ4n) is 1.46. The summed E-state index contributed by atoms with van der Waals surface area (Å²) < 4.78 is 0. The molecule has 2 aromatic rings. The second kappa shape index (κ2) is 3.61. The lowest BCUT2D eigenvalue weighted by molar-refractivity contribution is 1.28. The summed E-state index contributed by atoms with van der Waals surface area (Å²) in [6.07, 6.45) is 1.76. The van der Waals surface area contributed by atoms with Crippen LogP contribution in [0.15, 0.2) is 36.5 Å². The third-order valence-electron chi connectivity index (χ3n) is 2.34. The summed E-state index contributed by atoms with van der Waals surface area (Å²) in [5, 5.41) is 0. The van der Waals surface area contributed by atoms with Crippen LogP contribution >= 0.6 is 0 Å². The molecule has 3 heteroatoms. The molecule has 0 aliphatic carbocycles. The van der Waals surface area contributed by atoms with Crippen molar-refractivity contribution in [3.8, 4) is 11.1 Å². The Morgan fingerprint density at radius 1 is 1.07 bits per heavy atom. The molecule has 0 aliphatic rings. The number of nitrogens with two attached hydrogens (primary N) is 2. The molecule has 15 heavy (non-hydrogen) atoms. The van der Waals surface area contributed by atoms with Gasteiger partial charge in [0.2, 0.25) is 0 Å². The molecule has 1 heterocycles. The summed E-state index contributed by atoms with van der Waals surface area (Å²) in [6, 6.07) is 9.73. The van der Waals surface area contributed by atoms with Gasteiger partial charge in [0, 0.05) is 17.4 Å². The molecule has 0 aliphatic heterocycles. The molecule has 1 aromatic heterocycles. The van der Waals surface area contributed by atoms with Crippen molar-refractivity contribution < 1.29 is 0 Å². The zero-order valence-corrected chi connectivity index (χ0v) is 8.57. The van der Waals surface area contributed by atoms with Crippen LogP contribution in [0.3, 0.4) is 0 Å². The Balaban J connectivity index is 2.50. The first-order valence-corrected chi connectivity index (χ1v) is 4.75. The lowest BCUT2D eigenvalue weighted by Crippen LogP contribution is -1.94. The number of nitrogen functional groups attached to an aromatic ring is 2. The number of anilines is 2. The summed E-state index contributed by atoms with van der Waals surface area (Å²) in [6.45, 7) is 1.94. The summed E-state index contributed by atoms with van der Waals surface area (Å²) in [7, 11) is 0. The number of aryl methyl sites for hydroxylation is 1. The van der Waals surface area contributed by atoms with Crippen molar-refractivity contribution >= 4 is 11.5 Å². The van der Waals surface area contributed by atoms with Crippen molar-refractivity contribution in [2.24, 2.45) is 0 Å². The molecule has 0 radical (unpaired) electrons. The largest absolute Gasteiger partial charge is 0.399 e. The summed E-state index contributed by atoms with van der Waals surface area (Å²) in [4.78, 5) is 4.12. The van der Waals surface area contributed by atoms with E-state index in [9.17, 15) is 0 Å². The van der Waals surface area contributed by atoms with Crippen LogP contribution in [0.1, 0.15) is 5.56 Å². The van der Waals surface area contributed by atoms with Gasteiger partial charge in [-0.2, -0.15) is 0 Å². The van der Waals surface area contributed by atoms with Crippen molar-refractivity contribution in [2.45, 2.75) is 6.92 Å². The minimum Gasteiger partial charge on any atom is -0.399 e. The van der Waals surface area contributed by atoms with E-state index in [-0.39, 0.29) is 0 Å². The van der Waals surface area contributed by atoms with Crippen LogP contribution in [0.2, 0.25) is 0 Å². The van der Waals surface area contributed by atoms with E-state index in [1.807, 2.05) is 37.3 Å². The van der Waals surface area contributed by atoms with Crippen LogP contribution in [0.25, 0.3) is 11.1 Å². The van der Waals surface area contributed by atoms with Crippen molar-refractivity contribution in [3.05, 3.63) is 42.1 Å². The minimum absolute atomic E-state index is 0.572. The molecular formula is C12H13N3. The Hall–Kier alpha value is -2.03. The molecule has 3 nitrogen and oxygen atoms in total. The number of aromatic nitrogens is 1. The molecule has 0 saturated carbocycles. The van der Waals surface area contributed by atoms with Gasteiger partial charge >= 0.3 is 0 Å². The number of hydrogen-bond acceptors (Lipinski definition) is 3. The van der Waals surface area contributed by atoms with E-state index in [1.54, 1.807) is 6.20 Å². The van der Waals surface area contributed by atoms with Gasteiger partial charge in [0.15, 0.2) is 0 Å². The summed E-state index contributed by atoms with van der Waals surface area (Å²) >= 11 is 0. The van der Waals surface area contributed by atoms with Crippen LogP contribution in [0.4, 0.5) is 11.5 Å². The molecule has 0 saturated heterocycles. The van der Waals surface area contributed by atoms with Gasteiger partial charge < -0.3 is 11.5 Å². The Labute approximate surface area is 88.8 Å². The van der Waals surface area contributed by atoms with E-state index in [1.165, 1.54) is 0 Å². The number of rotatable bonds is 1. The monoisotopic (exact) mass is 199 g/mol. The van der Waals surface area contributed by atoms with E-state index in [0.717, 1.165) is 22.4 Å². The average Bonchev–Trinajstić information content (AvgIpc) is 2.22. The first-order chi connectivity index (χ1) is 7.16. The molecular weight excluding hydrogens is 186 g/mol. The van der Waals surface area contributed by atoms with Gasteiger partial charge in [0.25, 0.3) is 0 Å². The molecule has 0 amide bonds. The highest BCUT2D eigenvalue weighted by Crippen LogP contribution is 2.22. The quantitative estimate of drug-likeness (QED) is 0.692. The molecule has 0 atom stereocenters. The smallest absolute Gasteiger partial charge is 0.126 e. The van der Waals surface area contributed by atoms with Gasteiger partial charge in [0.05, 0.1) is 0 Å².